The number of H-pyrrole nitrogens is 1. The van der Waals surface area contributed by atoms with Gasteiger partial charge >= 0.3 is 11.9 Å². The summed E-state index contributed by atoms with van der Waals surface area (Å²) < 4.78 is 10.8. The number of aromatic amines is 1. The van der Waals surface area contributed by atoms with Gasteiger partial charge in [0.25, 0.3) is 0 Å². The first kappa shape index (κ1) is 20.7. The largest absolute Gasteiger partial charge is 0.493 e. The van der Waals surface area contributed by atoms with E-state index >= 15 is 0 Å². The Labute approximate surface area is 172 Å². The fourth-order valence-corrected chi connectivity index (χ4v) is 3.26. The van der Waals surface area contributed by atoms with Gasteiger partial charge in [-0.3, -0.25) is 0 Å². The number of hydrogen-bond acceptors (Lipinski definition) is 4. The van der Waals surface area contributed by atoms with Crippen molar-refractivity contribution in [3.63, 3.8) is 0 Å². The number of methoxy groups -OCH3 is 2. The van der Waals surface area contributed by atoms with E-state index in [9.17, 15) is 9.59 Å². The Morgan fingerprint density at radius 2 is 1.40 bits per heavy atom. The summed E-state index contributed by atoms with van der Waals surface area (Å²) in [5.74, 6) is -0.567. The number of rotatable bonds is 4. The molecular weight excluding hydrogens is 386 g/mol. The van der Waals surface area contributed by atoms with Crippen molar-refractivity contribution < 1.29 is 29.3 Å². The smallest absolute Gasteiger partial charge is 0.335 e. The summed E-state index contributed by atoms with van der Waals surface area (Å²) in [6.07, 6.45) is 0. The summed E-state index contributed by atoms with van der Waals surface area (Å²) in [5, 5.41) is 19.3. The van der Waals surface area contributed by atoms with Crippen molar-refractivity contribution in [1.29, 1.82) is 0 Å². The third-order valence-electron chi connectivity index (χ3n) is 4.76. The van der Waals surface area contributed by atoms with Crippen LogP contribution in [0.5, 0.6) is 11.5 Å². The maximum Gasteiger partial charge on any atom is 0.335 e. The summed E-state index contributed by atoms with van der Waals surface area (Å²) in [4.78, 5) is 24.1. The number of carboxylic acids is 2. The van der Waals surface area contributed by atoms with Crippen LogP contribution in [-0.4, -0.2) is 41.4 Å². The molecule has 3 N–H and O–H groups in total. The molecule has 0 radical (unpaired) electrons. The average Bonchev–Trinajstić information content (AvgIpc) is 3.13. The Morgan fingerprint density at radius 1 is 0.833 bits per heavy atom. The highest BCUT2D eigenvalue weighted by molar-refractivity contribution is 6.09. The number of hydrogen-bond donors (Lipinski definition) is 3. The second-order valence-electron chi connectivity index (χ2n) is 6.52. The Hall–Kier alpha value is -4.00. The van der Waals surface area contributed by atoms with Crippen molar-refractivity contribution in [3.8, 4) is 11.5 Å². The minimum Gasteiger partial charge on any atom is -0.493 e. The molecule has 0 fully saturated rings. The van der Waals surface area contributed by atoms with E-state index < -0.39 is 11.9 Å². The van der Waals surface area contributed by atoms with Gasteiger partial charge in [-0.05, 0) is 43.3 Å². The van der Waals surface area contributed by atoms with Crippen LogP contribution < -0.4 is 9.47 Å². The normalized spacial score (nSPS) is 10.4. The fourth-order valence-electron chi connectivity index (χ4n) is 3.26. The maximum absolute atomic E-state index is 10.3. The van der Waals surface area contributed by atoms with Crippen molar-refractivity contribution in [2.45, 2.75) is 6.92 Å². The second-order valence-corrected chi connectivity index (χ2v) is 6.52. The number of aromatic nitrogens is 1. The summed E-state index contributed by atoms with van der Waals surface area (Å²) >= 11 is 0. The first-order valence-electron chi connectivity index (χ1n) is 9.06. The number of carboxylic acid groups (broad SMARTS) is 2. The summed E-state index contributed by atoms with van der Waals surface area (Å²) in [6.45, 7) is 2.04. The lowest BCUT2D eigenvalue weighted by atomic mass is 10.1. The Balaban J connectivity index is 0.000000187. The Bertz CT molecular complexity index is 1190. The molecule has 7 heteroatoms. The van der Waals surface area contributed by atoms with Gasteiger partial charge in [-0.1, -0.05) is 18.2 Å². The molecule has 0 saturated carbocycles. The second kappa shape index (κ2) is 8.57. The zero-order chi connectivity index (χ0) is 21.8. The molecule has 0 spiro atoms. The third kappa shape index (κ3) is 3.91. The molecule has 0 atom stereocenters. The molecule has 3 aromatic carbocycles. The number of nitrogens with one attached hydrogen (secondary N) is 1. The van der Waals surface area contributed by atoms with E-state index in [1.807, 2.05) is 25.1 Å². The molecule has 7 nitrogen and oxygen atoms in total. The number of fused-ring (bicyclic) bond motifs is 3. The van der Waals surface area contributed by atoms with Crippen molar-refractivity contribution >= 4 is 33.7 Å². The van der Waals surface area contributed by atoms with Gasteiger partial charge in [-0.2, -0.15) is 0 Å². The minimum atomic E-state index is -1.06. The van der Waals surface area contributed by atoms with Crippen LogP contribution in [0.3, 0.4) is 0 Å². The van der Waals surface area contributed by atoms with E-state index in [1.165, 1.54) is 35.0 Å². The first-order chi connectivity index (χ1) is 14.4. The molecule has 0 bridgehead atoms. The van der Waals surface area contributed by atoms with Gasteiger partial charge in [0, 0.05) is 21.9 Å². The Kier molecular flexibility index (Phi) is 5.92. The number of carbonyl (C=O) groups is 2. The lowest BCUT2D eigenvalue weighted by molar-refractivity contribution is 0.0681. The average molecular weight is 407 g/mol. The van der Waals surface area contributed by atoms with Crippen molar-refractivity contribution in [2.75, 3.05) is 14.2 Å². The molecular formula is C23H21NO6. The van der Waals surface area contributed by atoms with Crippen LogP contribution in [0.4, 0.5) is 0 Å². The number of para-hydroxylation sites is 1. The topological polar surface area (TPSA) is 109 Å². The van der Waals surface area contributed by atoms with Gasteiger partial charge in [0.15, 0.2) is 11.5 Å². The molecule has 0 aliphatic rings. The van der Waals surface area contributed by atoms with Crippen LogP contribution in [0, 0.1) is 6.92 Å². The van der Waals surface area contributed by atoms with Crippen molar-refractivity contribution in [1.82, 2.24) is 4.98 Å². The lowest BCUT2D eigenvalue weighted by Crippen LogP contribution is -1.99. The van der Waals surface area contributed by atoms with E-state index in [4.69, 9.17) is 19.7 Å². The zero-order valence-electron chi connectivity index (χ0n) is 16.7. The standard InChI is InChI=1S/C15H15NO2.C8H6O4/c1-9-14-11(8-13(17-2)15(9)18-3)10-6-4-5-7-12(10)16-14;9-7(10)5-1-2-6(4-3-5)8(11)12/h4-8,16H,1-3H3;1-4H,(H,9,10)(H,11,12). The number of ether oxygens (including phenoxy) is 2. The molecule has 0 aliphatic carbocycles. The molecule has 4 rings (SSSR count). The van der Waals surface area contributed by atoms with Gasteiger partial charge in [0.05, 0.1) is 30.9 Å². The first-order valence-corrected chi connectivity index (χ1v) is 9.06. The van der Waals surface area contributed by atoms with Crippen molar-refractivity contribution in [3.05, 3.63) is 71.3 Å². The highest BCUT2D eigenvalue weighted by atomic mass is 16.5. The van der Waals surface area contributed by atoms with Crippen LogP contribution in [0.15, 0.2) is 54.6 Å². The number of benzene rings is 3. The summed E-state index contributed by atoms with van der Waals surface area (Å²) in [6, 6.07) is 15.3. The van der Waals surface area contributed by atoms with Gasteiger partial charge in [0.2, 0.25) is 0 Å². The maximum atomic E-state index is 10.3. The summed E-state index contributed by atoms with van der Waals surface area (Å²) in [7, 11) is 3.33. The molecule has 30 heavy (non-hydrogen) atoms. The molecule has 0 unspecified atom stereocenters. The van der Waals surface area contributed by atoms with Gasteiger partial charge < -0.3 is 24.7 Å². The molecule has 1 aromatic heterocycles. The van der Waals surface area contributed by atoms with Crippen LogP contribution in [-0.2, 0) is 0 Å². The molecule has 0 amide bonds. The van der Waals surface area contributed by atoms with Crippen LogP contribution in [0.1, 0.15) is 26.3 Å². The van der Waals surface area contributed by atoms with E-state index in [0.717, 1.165) is 28.1 Å². The van der Waals surface area contributed by atoms with Gasteiger partial charge in [0.1, 0.15) is 0 Å². The molecule has 1 heterocycles. The van der Waals surface area contributed by atoms with E-state index in [-0.39, 0.29) is 11.1 Å². The quantitative estimate of drug-likeness (QED) is 0.451. The SMILES string of the molecule is COc1cc2c([nH]c3ccccc32)c(C)c1OC.O=C(O)c1ccc(C(=O)O)cc1. The van der Waals surface area contributed by atoms with Gasteiger partial charge in [-0.25, -0.2) is 9.59 Å². The Morgan fingerprint density at radius 3 is 1.90 bits per heavy atom. The molecule has 4 aromatic rings. The number of aromatic carboxylic acids is 2. The van der Waals surface area contributed by atoms with E-state index in [1.54, 1.807) is 14.2 Å². The predicted octanol–water partition coefficient (Wildman–Crippen LogP) is 4.73. The molecule has 154 valence electrons. The highest BCUT2D eigenvalue weighted by Gasteiger charge is 2.15. The number of aryl methyl sites for hydroxylation is 1. The third-order valence-corrected chi connectivity index (χ3v) is 4.76. The monoisotopic (exact) mass is 407 g/mol. The van der Waals surface area contributed by atoms with Crippen LogP contribution >= 0.6 is 0 Å². The van der Waals surface area contributed by atoms with E-state index in [2.05, 4.69) is 17.1 Å². The predicted molar refractivity (Wildman–Crippen MR) is 114 cm³/mol. The molecule has 0 aliphatic heterocycles. The fraction of sp³-hybridized carbons (Fsp3) is 0.130. The summed E-state index contributed by atoms with van der Waals surface area (Å²) in [5.41, 5.74) is 3.47. The van der Waals surface area contributed by atoms with Crippen molar-refractivity contribution in [2.24, 2.45) is 0 Å². The van der Waals surface area contributed by atoms with E-state index in [0.29, 0.717) is 0 Å². The van der Waals surface area contributed by atoms with Gasteiger partial charge in [-0.15, -0.1) is 0 Å². The van der Waals surface area contributed by atoms with Crippen LogP contribution in [0.25, 0.3) is 21.8 Å². The van der Waals surface area contributed by atoms with Crippen LogP contribution in [0.2, 0.25) is 0 Å². The molecule has 0 saturated heterocycles. The minimum absolute atomic E-state index is 0.0833. The highest BCUT2D eigenvalue weighted by Crippen LogP contribution is 2.39. The zero-order valence-corrected chi connectivity index (χ0v) is 16.7. The lowest BCUT2D eigenvalue weighted by Gasteiger charge is -2.11.